The van der Waals surface area contributed by atoms with Gasteiger partial charge in [0.1, 0.15) is 11.4 Å². The summed E-state index contributed by atoms with van der Waals surface area (Å²) in [4.78, 5) is 9.63. The molecule has 0 atom stereocenters. The van der Waals surface area contributed by atoms with Crippen molar-refractivity contribution in [1.82, 2.24) is 9.97 Å². The first kappa shape index (κ1) is 14.0. The molecule has 0 spiro atoms. The van der Waals surface area contributed by atoms with Crippen LogP contribution in [0, 0.1) is 0 Å². The van der Waals surface area contributed by atoms with E-state index >= 15 is 0 Å². The zero-order chi connectivity index (χ0) is 13.5. The van der Waals surface area contributed by atoms with Crippen molar-refractivity contribution >= 4 is 27.5 Å². The molecule has 0 aromatic carbocycles. The van der Waals surface area contributed by atoms with Crippen LogP contribution in [0.4, 0.5) is 5.95 Å². The standard InChI is InChI=1S/C13H19N3O2S/c1-3-4-6-17-7-8-18-11-10-5-9-19-12(10)16-13(14-2)15-11/h5,9H,3-4,6-8H2,1-2H3,(H,14,15,16). The minimum Gasteiger partial charge on any atom is -0.475 e. The van der Waals surface area contributed by atoms with Gasteiger partial charge < -0.3 is 14.8 Å². The number of fused-ring (bicyclic) bond motifs is 1. The van der Waals surface area contributed by atoms with Crippen LogP contribution in [0.25, 0.3) is 10.2 Å². The van der Waals surface area contributed by atoms with Crippen LogP contribution in [-0.4, -0.2) is 36.8 Å². The predicted molar refractivity (Wildman–Crippen MR) is 78.2 cm³/mol. The van der Waals surface area contributed by atoms with Gasteiger partial charge >= 0.3 is 0 Å². The number of nitrogens with zero attached hydrogens (tertiary/aromatic N) is 2. The maximum Gasteiger partial charge on any atom is 0.227 e. The maximum absolute atomic E-state index is 5.69. The van der Waals surface area contributed by atoms with Gasteiger partial charge in [-0.05, 0) is 17.9 Å². The monoisotopic (exact) mass is 281 g/mol. The Hall–Kier alpha value is -1.40. The molecule has 0 aliphatic heterocycles. The fourth-order valence-electron chi connectivity index (χ4n) is 1.60. The molecule has 19 heavy (non-hydrogen) atoms. The van der Waals surface area contributed by atoms with Gasteiger partial charge in [0, 0.05) is 13.7 Å². The van der Waals surface area contributed by atoms with E-state index in [0.717, 1.165) is 29.7 Å². The third kappa shape index (κ3) is 3.78. The lowest BCUT2D eigenvalue weighted by Crippen LogP contribution is -2.09. The average molecular weight is 281 g/mol. The minimum absolute atomic E-state index is 0.509. The molecule has 6 heteroatoms. The zero-order valence-corrected chi connectivity index (χ0v) is 12.1. The van der Waals surface area contributed by atoms with Crippen LogP contribution in [0.2, 0.25) is 0 Å². The van der Waals surface area contributed by atoms with E-state index in [0.29, 0.717) is 25.0 Å². The molecule has 2 rings (SSSR count). The molecule has 2 aromatic rings. The van der Waals surface area contributed by atoms with E-state index < -0.39 is 0 Å². The Labute approximate surface area is 117 Å². The molecule has 0 radical (unpaired) electrons. The van der Waals surface area contributed by atoms with Crippen molar-refractivity contribution in [2.75, 3.05) is 32.2 Å². The fraction of sp³-hybridized carbons (Fsp3) is 0.538. The number of rotatable bonds is 8. The third-order valence-electron chi connectivity index (χ3n) is 2.62. The first-order valence-corrected chi connectivity index (χ1v) is 7.36. The molecule has 2 heterocycles. The molecule has 5 nitrogen and oxygen atoms in total. The van der Waals surface area contributed by atoms with Crippen molar-refractivity contribution in [2.45, 2.75) is 19.8 Å². The molecule has 0 saturated heterocycles. The van der Waals surface area contributed by atoms with Gasteiger partial charge in [-0.25, -0.2) is 4.98 Å². The Kier molecular flexibility index (Phi) is 5.35. The zero-order valence-electron chi connectivity index (χ0n) is 11.3. The van der Waals surface area contributed by atoms with Gasteiger partial charge in [-0.15, -0.1) is 11.3 Å². The highest BCUT2D eigenvalue weighted by atomic mass is 32.1. The van der Waals surface area contributed by atoms with Gasteiger partial charge in [0.25, 0.3) is 0 Å². The Morgan fingerprint density at radius 1 is 1.26 bits per heavy atom. The lowest BCUT2D eigenvalue weighted by molar-refractivity contribution is 0.0971. The second-order valence-electron chi connectivity index (χ2n) is 4.06. The van der Waals surface area contributed by atoms with E-state index in [9.17, 15) is 0 Å². The molecule has 0 bridgehead atoms. The number of hydrogen-bond donors (Lipinski definition) is 1. The number of ether oxygens (including phenoxy) is 2. The van der Waals surface area contributed by atoms with Crippen molar-refractivity contribution < 1.29 is 9.47 Å². The minimum atomic E-state index is 0.509. The molecule has 0 saturated carbocycles. The lowest BCUT2D eigenvalue weighted by Gasteiger charge is -2.08. The summed E-state index contributed by atoms with van der Waals surface area (Å²) in [7, 11) is 1.80. The molecule has 0 aliphatic rings. The van der Waals surface area contributed by atoms with Crippen LogP contribution >= 0.6 is 11.3 Å². The normalized spacial score (nSPS) is 10.8. The summed E-state index contributed by atoms with van der Waals surface area (Å²) in [6, 6.07) is 1.98. The predicted octanol–water partition coefficient (Wildman–Crippen LogP) is 2.93. The largest absolute Gasteiger partial charge is 0.475 e. The summed E-state index contributed by atoms with van der Waals surface area (Å²) in [6.07, 6.45) is 2.24. The van der Waals surface area contributed by atoms with Crippen molar-refractivity contribution in [3.63, 3.8) is 0 Å². The second kappa shape index (κ2) is 7.25. The number of anilines is 1. The number of nitrogens with one attached hydrogen (secondary N) is 1. The summed E-state index contributed by atoms with van der Waals surface area (Å²) < 4.78 is 11.2. The summed E-state index contributed by atoms with van der Waals surface area (Å²) in [5.74, 6) is 1.20. The highest BCUT2D eigenvalue weighted by Crippen LogP contribution is 2.27. The molecular formula is C13H19N3O2S. The SMILES string of the molecule is CCCCOCCOc1nc(NC)nc2sccc12. The summed E-state index contributed by atoms with van der Waals surface area (Å²) in [5, 5.41) is 5.89. The molecule has 0 aliphatic carbocycles. The molecular weight excluding hydrogens is 262 g/mol. The van der Waals surface area contributed by atoms with E-state index in [4.69, 9.17) is 9.47 Å². The lowest BCUT2D eigenvalue weighted by atomic mass is 10.4. The molecule has 2 aromatic heterocycles. The van der Waals surface area contributed by atoms with Gasteiger partial charge in [-0.2, -0.15) is 4.98 Å². The number of aromatic nitrogens is 2. The van der Waals surface area contributed by atoms with Crippen molar-refractivity contribution in [3.05, 3.63) is 11.4 Å². The Morgan fingerprint density at radius 3 is 2.95 bits per heavy atom. The van der Waals surface area contributed by atoms with E-state index in [-0.39, 0.29) is 0 Å². The summed E-state index contributed by atoms with van der Waals surface area (Å²) in [5.41, 5.74) is 0. The molecule has 0 amide bonds. The van der Waals surface area contributed by atoms with Crippen LogP contribution in [-0.2, 0) is 4.74 Å². The number of hydrogen-bond acceptors (Lipinski definition) is 6. The highest BCUT2D eigenvalue weighted by molar-refractivity contribution is 7.16. The van der Waals surface area contributed by atoms with Crippen LogP contribution in [0.1, 0.15) is 19.8 Å². The highest BCUT2D eigenvalue weighted by Gasteiger charge is 2.09. The average Bonchev–Trinajstić information content (AvgIpc) is 2.90. The van der Waals surface area contributed by atoms with E-state index in [1.807, 2.05) is 11.4 Å². The molecule has 0 unspecified atom stereocenters. The third-order valence-corrected chi connectivity index (χ3v) is 3.43. The van der Waals surface area contributed by atoms with Crippen LogP contribution in [0.5, 0.6) is 5.88 Å². The molecule has 104 valence electrons. The fourth-order valence-corrected chi connectivity index (χ4v) is 2.35. The van der Waals surface area contributed by atoms with Gasteiger partial charge in [0.2, 0.25) is 11.8 Å². The smallest absolute Gasteiger partial charge is 0.227 e. The van der Waals surface area contributed by atoms with E-state index in [1.165, 1.54) is 0 Å². The van der Waals surface area contributed by atoms with Gasteiger partial charge in [-0.1, -0.05) is 13.3 Å². The first-order valence-electron chi connectivity index (χ1n) is 6.48. The van der Waals surface area contributed by atoms with Crippen LogP contribution in [0.15, 0.2) is 11.4 Å². The summed E-state index contributed by atoms with van der Waals surface area (Å²) >= 11 is 1.58. The maximum atomic E-state index is 5.69. The van der Waals surface area contributed by atoms with Crippen molar-refractivity contribution in [1.29, 1.82) is 0 Å². The van der Waals surface area contributed by atoms with Gasteiger partial charge in [-0.3, -0.25) is 0 Å². The van der Waals surface area contributed by atoms with Crippen molar-refractivity contribution in [3.8, 4) is 5.88 Å². The number of thiophene rings is 1. The second-order valence-corrected chi connectivity index (χ2v) is 4.95. The van der Waals surface area contributed by atoms with Crippen LogP contribution < -0.4 is 10.1 Å². The molecule has 0 fully saturated rings. The Morgan fingerprint density at radius 2 is 2.16 bits per heavy atom. The molecule has 1 N–H and O–H groups in total. The Balaban J connectivity index is 1.93. The van der Waals surface area contributed by atoms with E-state index in [2.05, 4.69) is 22.2 Å². The van der Waals surface area contributed by atoms with Crippen molar-refractivity contribution in [2.24, 2.45) is 0 Å². The van der Waals surface area contributed by atoms with E-state index in [1.54, 1.807) is 18.4 Å². The van der Waals surface area contributed by atoms with Gasteiger partial charge in [0.15, 0.2) is 0 Å². The summed E-state index contributed by atoms with van der Waals surface area (Å²) in [6.45, 7) is 4.03. The quantitative estimate of drug-likeness (QED) is 0.754. The number of unbranched alkanes of at least 4 members (excludes halogenated alkanes) is 1. The first-order chi connectivity index (χ1) is 9.35. The van der Waals surface area contributed by atoms with Gasteiger partial charge in [0.05, 0.1) is 12.0 Å². The topological polar surface area (TPSA) is 56.3 Å². The van der Waals surface area contributed by atoms with Crippen LogP contribution in [0.3, 0.4) is 0 Å². The Bertz CT molecular complexity index is 516.